The van der Waals surface area contributed by atoms with Crippen LogP contribution in [-0.4, -0.2) is 12.2 Å². The van der Waals surface area contributed by atoms with Gasteiger partial charge in [0.15, 0.2) is 11.5 Å². The zero-order valence-corrected chi connectivity index (χ0v) is 11.8. The average Bonchev–Trinajstić information content (AvgIpc) is 2.92. The van der Waals surface area contributed by atoms with E-state index in [1.54, 1.807) is 6.07 Å². The van der Waals surface area contributed by atoms with E-state index in [-0.39, 0.29) is 23.9 Å². The Hall–Kier alpha value is -1.74. The molecule has 0 aliphatic rings. The van der Waals surface area contributed by atoms with E-state index in [2.05, 4.69) is 0 Å². The van der Waals surface area contributed by atoms with Gasteiger partial charge >= 0.3 is 0 Å². The number of nitrogens with two attached hydrogens (primary N) is 1. The highest BCUT2D eigenvalue weighted by Gasteiger charge is 2.18. The van der Waals surface area contributed by atoms with Crippen LogP contribution in [0.3, 0.4) is 0 Å². The van der Waals surface area contributed by atoms with Crippen LogP contribution in [0.15, 0.2) is 29.6 Å². The average molecular weight is 297 g/mol. The second kappa shape index (κ2) is 6.43. The van der Waals surface area contributed by atoms with Crippen LogP contribution in [0.1, 0.15) is 22.0 Å². The Morgan fingerprint density at radius 1 is 1.47 bits per heavy atom. The Balaban J connectivity index is 0.00000180. The van der Waals surface area contributed by atoms with Crippen molar-refractivity contribution in [1.29, 1.82) is 5.26 Å². The first-order chi connectivity index (χ1) is 8.67. The molecule has 1 aromatic carbocycles. The first kappa shape index (κ1) is 15.3. The van der Waals surface area contributed by atoms with E-state index in [1.807, 2.05) is 23.6 Å². The zero-order valence-electron chi connectivity index (χ0n) is 10.2. The third kappa shape index (κ3) is 2.99. The third-order valence-electron chi connectivity index (χ3n) is 2.64. The van der Waals surface area contributed by atoms with Gasteiger partial charge in [-0.05, 0) is 17.5 Å². The van der Waals surface area contributed by atoms with Crippen LogP contribution in [0.25, 0.3) is 0 Å². The molecule has 0 spiro atoms. The molecule has 2 aromatic rings. The van der Waals surface area contributed by atoms with Gasteiger partial charge in [0.05, 0.1) is 24.8 Å². The van der Waals surface area contributed by atoms with Gasteiger partial charge in [-0.2, -0.15) is 5.26 Å². The number of hydrogen-bond donors (Lipinski definition) is 2. The minimum atomic E-state index is -0.466. The molecule has 19 heavy (non-hydrogen) atoms. The Labute approximate surface area is 121 Å². The number of nitrogens with zero attached hydrogens (tertiary/aromatic N) is 1. The predicted molar refractivity (Wildman–Crippen MR) is 77.0 cm³/mol. The largest absolute Gasteiger partial charge is 0.504 e. The van der Waals surface area contributed by atoms with Crippen LogP contribution in [0.5, 0.6) is 11.5 Å². The van der Waals surface area contributed by atoms with Crippen LogP contribution in [0.4, 0.5) is 0 Å². The standard InChI is InChI=1S/C13H12N2O2S.ClH/c1-17-10-6-8(7-14)5-9(13(10)16)12(15)11-3-2-4-18-11;/h2-6,12,16H,15H2,1H3;1H/t12-;/m1./s1. The van der Waals surface area contributed by atoms with Crippen LogP contribution >= 0.6 is 23.7 Å². The maximum absolute atomic E-state index is 10.1. The highest BCUT2D eigenvalue weighted by atomic mass is 35.5. The van der Waals surface area contributed by atoms with E-state index in [1.165, 1.54) is 24.5 Å². The molecule has 0 radical (unpaired) electrons. The topological polar surface area (TPSA) is 79.3 Å². The fourth-order valence-electron chi connectivity index (χ4n) is 1.71. The Morgan fingerprint density at radius 2 is 2.21 bits per heavy atom. The second-order valence-electron chi connectivity index (χ2n) is 3.72. The lowest BCUT2D eigenvalue weighted by molar-refractivity contribution is 0.369. The number of phenols is 1. The van der Waals surface area contributed by atoms with Crippen molar-refractivity contribution in [3.05, 3.63) is 45.6 Å². The van der Waals surface area contributed by atoms with Gasteiger partial charge < -0.3 is 15.6 Å². The third-order valence-corrected chi connectivity index (χ3v) is 3.59. The Morgan fingerprint density at radius 3 is 2.74 bits per heavy atom. The van der Waals surface area contributed by atoms with E-state index in [9.17, 15) is 5.11 Å². The molecule has 2 rings (SSSR count). The molecule has 0 saturated heterocycles. The summed E-state index contributed by atoms with van der Waals surface area (Å²) in [5.41, 5.74) is 7.00. The van der Waals surface area contributed by atoms with Crippen LogP contribution < -0.4 is 10.5 Å². The maximum atomic E-state index is 10.1. The predicted octanol–water partition coefficient (Wildman–Crippen LogP) is 2.80. The van der Waals surface area contributed by atoms with E-state index in [0.717, 1.165) is 4.88 Å². The molecule has 1 aromatic heterocycles. The maximum Gasteiger partial charge on any atom is 0.162 e. The van der Waals surface area contributed by atoms with Crippen LogP contribution in [0.2, 0.25) is 0 Å². The summed E-state index contributed by atoms with van der Waals surface area (Å²) in [6, 6.07) is 8.41. The molecule has 100 valence electrons. The normalized spacial score (nSPS) is 11.2. The summed E-state index contributed by atoms with van der Waals surface area (Å²) >= 11 is 1.50. The Bertz CT molecular complexity index is 593. The lowest BCUT2D eigenvalue weighted by Crippen LogP contribution is -2.11. The second-order valence-corrected chi connectivity index (χ2v) is 4.70. The molecule has 1 atom stereocenters. The van der Waals surface area contributed by atoms with Gasteiger partial charge in [0, 0.05) is 16.5 Å². The first-order valence-corrected chi connectivity index (χ1v) is 6.15. The molecular formula is C13H13ClN2O2S. The molecule has 0 amide bonds. The lowest BCUT2D eigenvalue weighted by Gasteiger charge is -2.14. The monoisotopic (exact) mass is 296 g/mol. The Kier molecular flexibility index (Phi) is 5.19. The summed E-state index contributed by atoms with van der Waals surface area (Å²) in [4.78, 5) is 0.919. The van der Waals surface area contributed by atoms with Gasteiger partial charge in [0.1, 0.15) is 0 Å². The zero-order chi connectivity index (χ0) is 13.1. The quantitative estimate of drug-likeness (QED) is 0.913. The van der Waals surface area contributed by atoms with Crippen molar-refractivity contribution in [3.63, 3.8) is 0 Å². The summed E-state index contributed by atoms with van der Waals surface area (Å²) in [6.45, 7) is 0. The molecule has 1 heterocycles. The van der Waals surface area contributed by atoms with E-state index >= 15 is 0 Å². The summed E-state index contributed by atoms with van der Waals surface area (Å²) in [5, 5.41) is 20.9. The molecule has 3 N–H and O–H groups in total. The smallest absolute Gasteiger partial charge is 0.162 e. The number of benzene rings is 1. The van der Waals surface area contributed by atoms with Crippen LogP contribution in [0, 0.1) is 11.3 Å². The van der Waals surface area contributed by atoms with E-state index < -0.39 is 6.04 Å². The number of aromatic hydroxyl groups is 1. The number of rotatable bonds is 3. The molecular weight excluding hydrogens is 284 g/mol. The highest BCUT2D eigenvalue weighted by molar-refractivity contribution is 7.10. The fourth-order valence-corrected chi connectivity index (χ4v) is 2.45. The van der Waals surface area contributed by atoms with Gasteiger partial charge in [-0.25, -0.2) is 0 Å². The summed E-state index contributed by atoms with van der Waals surface area (Å²) < 4.78 is 5.04. The summed E-state index contributed by atoms with van der Waals surface area (Å²) in [7, 11) is 1.44. The molecule has 0 aliphatic carbocycles. The van der Waals surface area contributed by atoms with Crippen LogP contribution in [-0.2, 0) is 0 Å². The van der Waals surface area contributed by atoms with Crippen molar-refractivity contribution in [2.75, 3.05) is 7.11 Å². The minimum absolute atomic E-state index is 0. The SMILES string of the molecule is COc1cc(C#N)cc([C@@H](N)c2cccs2)c1O.Cl. The van der Waals surface area contributed by atoms with Crippen molar-refractivity contribution < 1.29 is 9.84 Å². The number of phenolic OH excluding ortho intramolecular Hbond substituents is 1. The molecule has 0 fully saturated rings. The molecule has 6 heteroatoms. The van der Waals surface area contributed by atoms with E-state index in [0.29, 0.717) is 11.1 Å². The highest BCUT2D eigenvalue weighted by Crippen LogP contribution is 2.37. The molecule has 0 bridgehead atoms. The number of methoxy groups -OCH3 is 1. The number of hydrogen-bond acceptors (Lipinski definition) is 5. The van der Waals surface area contributed by atoms with Crippen molar-refractivity contribution in [2.45, 2.75) is 6.04 Å². The first-order valence-electron chi connectivity index (χ1n) is 5.27. The molecule has 4 nitrogen and oxygen atoms in total. The molecule has 0 unspecified atom stereocenters. The molecule has 0 aliphatic heterocycles. The van der Waals surface area contributed by atoms with E-state index in [4.69, 9.17) is 15.7 Å². The van der Waals surface area contributed by atoms with Crippen molar-refractivity contribution in [1.82, 2.24) is 0 Å². The summed E-state index contributed by atoms with van der Waals surface area (Å²) in [6.07, 6.45) is 0. The van der Waals surface area contributed by atoms with Gasteiger partial charge in [-0.3, -0.25) is 0 Å². The van der Waals surface area contributed by atoms with Crippen molar-refractivity contribution in [2.24, 2.45) is 5.73 Å². The minimum Gasteiger partial charge on any atom is -0.504 e. The van der Waals surface area contributed by atoms with Gasteiger partial charge in [0.25, 0.3) is 0 Å². The number of nitriles is 1. The number of ether oxygens (including phenoxy) is 1. The van der Waals surface area contributed by atoms with Gasteiger partial charge in [0.2, 0.25) is 0 Å². The van der Waals surface area contributed by atoms with Gasteiger partial charge in [-0.15, -0.1) is 23.7 Å². The van der Waals surface area contributed by atoms with Gasteiger partial charge in [-0.1, -0.05) is 6.07 Å². The number of thiophene rings is 1. The summed E-state index contributed by atoms with van der Waals surface area (Å²) in [5.74, 6) is 0.244. The molecule has 0 saturated carbocycles. The van der Waals surface area contributed by atoms with Crippen molar-refractivity contribution >= 4 is 23.7 Å². The van der Waals surface area contributed by atoms with Crippen molar-refractivity contribution in [3.8, 4) is 17.6 Å². The number of halogens is 1. The fraction of sp³-hybridized carbons (Fsp3) is 0.154. The lowest BCUT2D eigenvalue weighted by atomic mass is 10.0.